The highest BCUT2D eigenvalue weighted by molar-refractivity contribution is 7.89. The molecule has 0 aromatic heterocycles. The van der Waals surface area contributed by atoms with Crippen LogP contribution < -0.4 is 15.4 Å². The van der Waals surface area contributed by atoms with Gasteiger partial charge in [-0.15, -0.1) is 0 Å². The van der Waals surface area contributed by atoms with Gasteiger partial charge in [-0.05, 0) is 54.8 Å². The van der Waals surface area contributed by atoms with Crippen LogP contribution in [0.4, 0.5) is 4.39 Å². The predicted molar refractivity (Wildman–Crippen MR) is 117 cm³/mol. The molecule has 0 unspecified atom stereocenters. The largest absolute Gasteiger partial charge is 0.497 e. The number of halogens is 1. The van der Waals surface area contributed by atoms with Crippen molar-refractivity contribution in [2.24, 2.45) is 0 Å². The average Bonchev–Trinajstić information content (AvgIpc) is 2.83. The molecule has 0 aliphatic carbocycles. The predicted octanol–water partition coefficient (Wildman–Crippen LogP) is 1.05. The summed E-state index contributed by atoms with van der Waals surface area (Å²) >= 11 is 0. The average molecular weight is 480 g/mol. The van der Waals surface area contributed by atoms with Crippen molar-refractivity contribution in [2.75, 3.05) is 33.4 Å². The van der Waals surface area contributed by atoms with Gasteiger partial charge in [-0.25, -0.2) is 12.8 Å². The van der Waals surface area contributed by atoms with Crippen LogP contribution in [0.2, 0.25) is 0 Å². The monoisotopic (exact) mass is 479 g/mol. The van der Waals surface area contributed by atoms with E-state index < -0.39 is 28.1 Å². The third-order valence-electron chi connectivity index (χ3n) is 5.08. The lowest BCUT2D eigenvalue weighted by atomic mass is 10.1. The minimum atomic E-state index is -3.88. The van der Waals surface area contributed by atoms with Crippen LogP contribution in [0.15, 0.2) is 53.4 Å². The molecule has 0 bridgehead atoms. The number of methoxy groups -OCH3 is 1. The normalized spacial score (nSPS) is 16.7. The van der Waals surface area contributed by atoms with Gasteiger partial charge < -0.3 is 20.1 Å². The van der Waals surface area contributed by atoms with Crippen LogP contribution in [0.5, 0.6) is 5.75 Å². The third-order valence-corrected chi connectivity index (χ3v) is 6.98. The Balaban J connectivity index is 1.53. The van der Waals surface area contributed by atoms with Gasteiger partial charge in [-0.1, -0.05) is 12.1 Å². The van der Waals surface area contributed by atoms with Gasteiger partial charge in [0.2, 0.25) is 10.0 Å². The number of nitrogens with zero attached hydrogens (tertiary/aromatic N) is 1. The third kappa shape index (κ3) is 6.50. The summed E-state index contributed by atoms with van der Waals surface area (Å²) < 4.78 is 50.9. The van der Waals surface area contributed by atoms with Gasteiger partial charge in [0.1, 0.15) is 17.8 Å². The zero-order chi connectivity index (χ0) is 23.8. The van der Waals surface area contributed by atoms with Gasteiger partial charge in [-0.2, -0.15) is 4.31 Å². The fourth-order valence-electron chi connectivity index (χ4n) is 3.30. The van der Waals surface area contributed by atoms with Gasteiger partial charge in [-0.3, -0.25) is 9.59 Å². The molecule has 2 N–H and O–H groups in total. The Morgan fingerprint density at radius 3 is 2.42 bits per heavy atom. The number of ether oxygens (including phenoxy) is 2. The van der Waals surface area contributed by atoms with Gasteiger partial charge in [0.25, 0.3) is 0 Å². The summed E-state index contributed by atoms with van der Waals surface area (Å²) in [6, 6.07) is 11.8. The summed E-state index contributed by atoms with van der Waals surface area (Å²) in [7, 11) is -2.39. The van der Waals surface area contributed by atoms with Crippen molar-refractivity contribution in [3.05, 3.63) is 59.9 Å². The van der Waals surface area contributed by atoms with E-state index >= 15 is 0 Å². The molecule has 1 aliphatic rings. The number of amides is 2. The summed E-state index contributed by atoms with van der Waals surface area (Å²) in [5.74, 6) is -1.57. The van der Waals surface area contributed by atoms with E-state index in [9.17, 15) is 22.4 Å². The van der Waals surface area contributed by atoms with Gasteiger partial charge in [0.15, 0.2) is 0 Å². The molecular weight excluding hydrogens is 453 g/mol. The lowest BCUT2D eigenvalue weighted by Crippen LogP contribution is -2.53. The van der Waals surface area contributed by atoms with Gasteiger partial charge in [0, 0.05) is 13.1 Å². The highest BCUT2D eigenvalue weighted by Gasteiger charge is 2.35. The van der Waals surface area contributed by atoms with Crippen LogP contribution in [0, 0.1) is 5.82 Å². The first kappa shape index (κ1) is 24.6. The molecule has 2 aromatic rings. The lowest BCUT2D eigenvalue weighted by molar-refractivity contribution is -0.140. The molecule has 1 fully saturated rings. The number of carbonyl (C=O) groups excluding carboxylic acids is 2. The molecule has 11 heteroatoms. The van der Waals surface area contributed by atoms with E-state index in [2.05, 4.69) is 10.6 Å². The van der Waals surface area contributed by atoms with Crippen LogP contribution in [-0.4, -0.2) is 64.1 Å². The molecular formula is C22H26FN3O6S. The highest BCUT2D eigenvalue weighted by Crippen LogP contribution is 2.23. The Bertz CT molecular complexity index is 1060. The van der Waals surface area contributed by atoms with Crippen LogP contribution >= 0.6 is 0 Å². The second-order valence-corrected chi connectivity index (χ2v) is 9.20. The number of hydrogen-bond donors (Lipinski definition) is 2. The first-order valence-electron chi connectivity index (χ1n) is 10.4. The van der Waals surface area contributed by atoms with Crippen molar-refractivity contribution in [1.82, 2.24) is 14.9 Å². The highest BCUT2D eigenvalue weighted by atomic mass is 32.2. The maximum absolute atomic E-state index is 13.1. The van der Waals surface area contributed by atoms with Crippen LogP contribution in [0.25, 0.3) is 0 Å². The van der Waals surface area contributed by atoms with E-state index in [1.165, 1.54) is 35.7 Å². The summed E-state index contributed by atoms with van der Waals surface area (Å²) in [4.78, 5) is 24.3. The van der Waals surface area contributed by atoms with E-state index in [-0.39, 0.29) is 30.3 Å². The molecule has 0 radical (unpaired) electrons. The number of sulfonamides is 1. The zero-order valence-corrected chi connectivity index (χ0v) is 18.9. The molecule has 9 nitrogen and oxygen atoms in total. The van der Waals surface area contributed by atoms with Crippen molar-refractivity contribution < 1.29 is 31.9 Å². The fourth-order valence-corrected chi connectivity index (χ4v) is 4.86. The van der Waals surface area contributed by atoms with Crippen molar-refractivity contribution in [3.8, 4) is 5.75 Å². The zero-order valence-electron chi connectivity index (χ0n) is 18.1. The summed E-state index contributed by atoms with van der Waals surface area (Å²) in [5, 5.41) is 4.91. The van der Waals surface area contributed by atoms with Crippen LogP contribution in [0.1, 0.15) is 12.0 Å². The molecule has 0 saturated carbocycles. The molecule has 1 heterocycles. The molecule has 3 rings (SSSR count). The minimum absolute atomic E-state index is 0.0728. The number of benzene rings is 2. The minimum Gasteiger partial charge on any atom is -0.497 e. The summed E-state index contributed by atoms with van der Waals surface area (Å²) in [6.07, 6.45) is -0.00961. The van der Waals surface area contributed by atoms with Crippen molar-refractivity contribution >= 4 is 21.8 Å². The maximum Gasteiger partial charge on any atom is 0.309 e. The molecule has 1 aliphatic heterocycles. The van der Waals surface area contributed by atoms with E-state index in [1.54, 1.807) is 24.3 Å². The Hall–Kier alpha value is -3.02. The van der Waals surface area contributed by atoms with Gasteiger partial charge >= 0.3 is 11.8 Å². The van der Waals surface area contributed by atoms with Crippen molar-refractivity contribution in [2.45, 2.75) is 24.0 Å². The lowest BCUT2D eigenvalue weighted by Gasteiger charge is -2.34. The molecule has 1 atom stereocenters. The van der Waals surface area contributed by atoms with E-state index in [0.717, 1.165) is 5.56 Å². The second kappa shape index (κ2) is 11.2. The summed E-state index contributed by atoms with van der Waals surface area (Å²) in [6.45, 7) is 0.563. The first-order chi connectivity index (χ1) is 15.8. The molecule has 33 heavy (non-hydrogen) atoms. The second-order valence-electron chi connectivity index (χ2n) is 7.31. The molecule has 2 amide bonds. The Morgan fingerprint density at radius 1 is 1.09 bits per heavy atom. The number of hydrogen-bond acceptors (Lipinski definition) is 6. The first-order valence-corrected chi connectivity index (χ1v) is 11.8. The van der Waals surface area contributed by atoms with E-state index in [4.69, 9.17) is 9.47 Å². The molecule has 1 saturated heterocycles. The van der Waals surface area contributed by atoms with E-state index in [1.807, 2.05) is 0 Å². The number of carbonyl (C=O) groups is 2. The smallest absolute Gasteiger partial charge is 0.309 e. The standard InChI is InChI=1S/C22H26FN3O6S/c1-31-18-7-9-19(10-8-18)33(29,30)26-13-2-14-32-20(26)15-25-22(28)21(27)24-12-11-16-3-5-17(23)6-4-16/h3-10,20H,2,11-15H2,1H3,(H,24,27)(H,25,28)/t20-/m1/s1. The molecule has 178 valence electrons. The summed E-state index contributed by atoms with van der Waals surface area (Å²) in [5.41, 5.74) is 0.812. The SMILES string of the molecule is COc1ccc(S(=O)(=O)N2CCCO[C@@H]2CNC(=O)C(=O)NCCc2ccc(F)cc2)cc1. The van der Waals surface area contributed by atoms with E-state index in [0.29, 0.717) is 25.2 Å². The maximum atomic E-state index is 13.1. The molecule has 2 aromatic carbocycles. The van der Waals surface area contributed by atoms with Crippen molar-refractivity contribution in [1.29, 1.82) is 0 Å². The van der Waals surface area contributed by atoms with Crippen molar-refractivity contribution in [3.63, 3.8) is 0 Å². The fraction of sp³-hybridized carbons (Fsp3) is 0.364. The number of nitrogens with one attached hydrogen (secondary N) is 2. The topological polar surface area (TPSA) is 114 Å². The van der Waals surface area contributed by atoms with Crippen LogP contribution in [-0.2, 0) is 30.8 Å². The molecule has 0 spiro atoms. The Labute approximate surface area is 191 Å². The number of rotatable bonds is 8. The quantitative estimate of drug-likeness (QED) is 0.547. The van der Waals surface area contributed by atoms with Crippen LogP contribution in [0.3, 0.4) is 0 Å². The van der Waals surface area contributed by atoms with Gasteiger partial charge in [0.05, 0.1) is 25.2 Å². The Kier molecular flexibility index (Phi) is 8.37. The Morgan fingerprint density at radius 2 is 1.76 bits per heavy atom.